The van der Waals surface area contributed by atoms with Crippen molar-refractivity contribution >= 4 is 43.1 Å². The standard InChI is InChI=1S/C55H35N3/c1-3-12-36(13-4-1)40-23-24-43-31-41(25-26-42(43)30-40)39-18-11-19-46(32-39)53-56-54(47-28-29-51-45(33-47)27-22-38-16-7-9-20-49(38)51)58-55(57-53)52-35-48(37-14-5-2-6-15-37)34-44-17-8-10-21-50(44)52/h1-35H. The van der Waals surface area contributed by atoms with Gasteiger partial charge in [-0.25, -0.2) is 15.0 Å². The third-order valence-electron chi connectivity index (χ3n) is 11.2. The summed E-state index contributed by atoms with van der Waals surface area (Å²) in [7, 11) is 0. The second kappa shape index (κ2) is 14.1. The second-order valence-electron chi connectivity index (χ2n) is 14.9. The van der Waals surface area contributed by atoms with E-state index in [-0.39, 0.29) is 0 Å². The molecule has 0 radical (unpaired) electrons. The summed E-state index contributed by atoms with van der Waals surface area (Å²) in [5.41, 5.74) is 9.77. The van der Waals surface area contributed by atoms with Crippen LogP contribution in [-0.4, -0.2) is 15.0 Å². The molecule has 3 heteroatoms. The molecule has 270 valence electrons. The molecule has 1 aromatic heterocycles. The van der Waals surface area contributed by atoms with E-state index in [1.807, 2.05) is 0 Å². The second-order valence-corrected chi connectivity index (χ2v) is 14.9. The van der Waals surface area contributed by atoms with Crippen molar-refractivity contribution in [3.63, 3.8) is 0 Å². The predicted octanol–water partition coefficient (Wildman–Crippen LogP) is 14.5. The quantitative estimate of drug-likeness (QED) is 0.160. The Kier molecular flexibility index (Phi) is 8.15. The Labute approximate surface area is 336 Å². The molecule has 0 saturated carbocycles. The molecule has 3 nitrogen and oxygen atoms in total. The van der Waals surface area contributed by atoms with Crippen molar-refractivity contribution in [3.8, 4) is 67.5 Å². The molecule has 0 fully saturated rings. The molecule has 0 N–H and O–H groups in total. The summed E-state index contributed by atoms with van der Waals surface area (Å²) in [6.07, 6.45) is 0. The van der Waals surface area contributed by atoms with Crippen molar-refractivity contribution in [2.24, 2.45) is 0 Å². The van der Waals surface area contributed by atoms with E-state index in [0.29, 0.717) is 17.5 Å². The van der Waals surface area contributed by atoms with Crippen LogP contribution in [0.5, 0.6) is 0 Å². The SMILES string of the molecule is c1ccc(-c2ccc3cc(-c4cccc(-c5nc(-c6ccc7c(ccc8ccccc87)c6)nc(-c6cc(-c7ccccc7)cc7ccccc67)n5)c4)ccc3c2)cc1. The molecule has 11 aromatic rings. The van der Waals surface area contributed by atoms with E-state index in [9.17, 15) is 0 Å². The van der Waals surface area contributed by atoms with Crippen molar-refractivity contribution in [2.75, 3.05) is 0 Å². The summed E-state index contributed by atoms with van der Waals surface area (Å²) in [6, 6.07) is 75.4. The summed E-state index contributed by atoms with van der Waals surface area (Å²) < 4.78 is 0. The summed E-state index contributed by atoms with van der Waals surface area (Å²) in [6.45, 7) is 0. The van der Waals surface area contributed by atoms with Gasteiger partial charge in [-0.1, -0.05) is 176 Å². The van der Waals surface area contributed by atoms with Crippen LogP contribution in [0.4, 0.5) is 0 Å². The van der Waals surface area contributed by atoms with Gasteiger partial charge in [0.15, 0.2) is 17.5 Å². The largest absolute Gasteiger partial charge is 0.208 e. The van der Waals surface area contributed by atoms with Gasteiger partial charge >= 0.3 is 0 Å². The fourth-order valence-corrected chi connectivity index (χ4v) is 8.27. The first kappa shape index (κ1) is 33.6. The average Bonchev–Trinajstić information content (AvgIpc) is 3.31. The molecule has 0 spiro atoms. The summed E-state index contributed by atoms with van der Waals surface area (Å²) in [4.78, 5) is 15.8. The molecule has 10 aromatic carbocycles. The van der Waals surface area contributed by atoms with Crippen LogP contribution in [0.3, 0.4) is 0 Å². The Morgan fingerprint density at radius 1 is 0.207 bits per heavy atom. The number of aromatic nitrogens is 3. The Morgan fingerprint density at radius 2 is 0.638 bits per heavy atom. The molecule has 0 saturated heterocycles. The van der Waals surface area contributed by atoms with Gasteiger partial charge in [-0.05, 0) is 113 Å². The topological polar surface area (TPSA) is 38.7 Å². The van der Waals surface area contributed by atoms with Crippen LogP contribution < -0.4 is 0 Å². The van der Waals surface area contributed by atoms with Gasteiger partial charge in [-0.15, -0.1) is 0 Å². The molecule has 58 heavy (non-hydrogen) atoms. The monoisotopic (exact) mass is 737 g/mol. The third-order valence-corrected chi connectivity index (χ3v) is 11.2. The van der Waals surface area contributed by atoms with E-state index in [4.69, 9.17) is 15.0 Å². The average molecular weight is 738 g/mol. The lowest BCUT2D eigenvalue weighted by Crippen LogP contribution is -2.01. The third kappa shape index (κ3) is 6.16. The smallest absolute Gasteiger partial charge is 0.164 e. The number of rotatable bonds is 6. The van der Waals surface area contributed by atoms with Gasteiger partial charge < -0.3 is 0 Å². The van der Waals surface area contributed by atoms with Crippen LogP contribution in [-0.2, 0) is 0 Å². The maximum Gasteiger partial charge on any atom is 0.164 e. The van der Waals surface area contributed by atoms with Crippen molar-refractivity contribution in [1.82, 2.24) is 15.0 Å². The van der Waals surface area contributed by atoms with Gasteiger partial charge in [0.05, 0.1) is 0 Å². The molecule has 0 atom stereocenters. The van der Waals surface area contributed by atoms with Gasteiger partial charge in [0.2, 0.25) is 0 Å². The summed E-state index contributed by atoms with van der Waals surface area (Å²) >= 11 is 0. The van der Waals surface area contributed by atoms with Crippen LogP contribution in [0.15, 0.2) is 212 Å². The first-order valence-electron chi connectivity index (χ1n) is 19.7. The molecule has 0 aliphatic carbocycles. The van der Waals surface area contributed by atoms with Gasteiger partial charge in [0.1, 0.15) is 0 Å². The van der Waals surface area contributed by atoms with Crippen LogP contribution in [0.25, 0.3) is 111 Å². The minimum absolute atomic E-state index is 0.628. The Balaban J connectivity index is 1.07. The van der Waals surface area contributed by atoms with E-state index in [0.717, 1.165) is 55.1 Å². The van der Waals surface area contributed by atoms with E-state index < -0.39 is 0 Å². The maximum absolute atomic E-state index is 5.29. The highest BCUT2D eigenvalue weighted by molar-refractivity contribution is 6.08. The molecular weight excluding hydrogens is 703 g/mol. The van der Waals surface area contributed by atoms with Crippen LogP contribution in [0.2, 0.25) is 0 Å². The minimum atomic E-state index is 0.628. The molecule has 0 amide bonds. The Morgan fingerprint density at radius 3 is 1.38 bits per heavy atom. The molecule has 11 rings (SSSR count). The summed E-state index contributed by atoms with van der Waals surface area (Å²) in [5, 5.41) is 9.44. The number of nitrogens with zero attached hydrogens (tertiary/aromatic N) is 3. The molecule has 0 unspecified atom stereocenters. The van der Waals surface area contributed by atoms with Crippen molar-refractivity contribution < 1.29 is 0 Å². The van der Waals surface area contributed by atoms with Gasteiger partial charge in [0, 0.05) is 16.7 Å². The molecule has 0 bridgehead atoms. The maximum atomic E-state index is 5.29. The van der Waals surface area contributed by atoms with Gasteiger partial charge in [0.25, 0.3) is 0 Å². The lowest BCUT2D eigenvalue weighted by atomic mass is 9.96. The van der Waals surface area contributed by atoms with Crippen LogP contribution >= 0.6 is 0 Å². The lowest BCUT2D eigenvalue weighted by Gasteiger charge is -2.13. The molecular formula is C55H35N3. The zero-order valence-electron chi connectivity index (χ0n) is 31.5. The van der Waals surface area contributed by atoms with Crippen LogP contribution in [0, 0.1) is 0 Å². The molecule has 1 heterocycles. The van der Waals surface area contributed by atoms with E-state index >= 15 is 0 Å². The van der Waals surface area contributed by atoms with E-state index in [1.165, 1.54) is 38.1 Å². The Hall–Kier alpha value is -7.75. The van der Waals surface area contributed by atoms with E-state index in [1.54, 1.807) is 0 Å². The highest BCUT2D eigenvalue weighted by Gasteiger charge is 2.17. The lowest BCUT2D eigenvalue weighted by molar-refractivity contribution is 1.08. The highest BCUT2D eigenvalue weighted by atomic mass is 15.0. The van der Waals surface area contributed by atoms with Crippen molar-refractivity contribution in [1.29, 1.82) is 0 Å². The van der Waals surface area contributed by atoms with Gasteiger partial charge in [-0.2, -0.15) is 0 Å². The number of hydrogen-bond acceptors (Lipinski definition) is 3. The highest BCUT2D eigenvalue weighted by Crippen LogP contribution is 2.37. The number of fused-ring (bicyclic) bond motifs is 5. The number of benzene rings is 10. The van der Waals surface area contributed by atoms with Crippen LogP contribution in [0.1, 0.15) is 0 Å². The normalized spacial score (nSPS) is 11.4. The fraction of sp³-hybridized carbons (Fsp3) is 0. The van der Waals surface area contributed by atoms with Crippen molar-refractivity contribution in [3.05, 3.63) is 212 Å². The molecule has 0 aliphatic heterocycles. The van der Waals surface area contributed by atoms with E-state index in [2.05, 4.69) is 212 Å². The first-order valence-corrected chi connectivity index (χ1v) is 19.7. The first-order chi connectivity index (χ1) is 28.7. The minimum Gasteiger partial charge on any atom is -0.208 e. The Bertz CT molecular complexity index is 3340. The zero-order chi connectivity index (χ0) is 38.4. The molecule has 0 aliphatic rings. The van der Waals surface area contributed by atoms with Crippen molar-refractivity contribution in [2.45, 2.75) is 0 Å². The number of hydrogen-bond donors (Lipinski definition) is 0. The fourth-order valence-electron chi connectivity index (χ4n) is 8.27. The summed E-state index contributed by atoms with van der Waals surface area (Å²) in [5.74, 6) is 1.90. The predicted molar refractivity (Wildman–Crippen MR) is 242 cm³/mol. The zero-order valence-corrected chi connectivity index (χ0v) is 31.5. The van der Waals surface area contributed by atoms with Gasteiger partial charge in [-0.3, -0.25) is 0 Å².